The number of rotatable bonds is 6. The zero-order valence-electron chi connectivity index (χ0n) is 14.7. The van der Waals surface area contributed by atoms with E-state index in [4.69, 9.17) is 4.74 Å². The van der Waals surface area contributed by atoms with Crippen LogP contribution in [0.25, 0.3) is 0 Å². The monoisotopic (exact) mass is 399 g/mol. The number of ether oxygens (including phenoxy) is 1. The molecule has 0 spiro atoms. The Bertz CT molecular complexity index is 856. The van der Waals surface area contributed by atoms with Crippen molar-refractivity contribution in [2.45, 2.75) is 13.1 Å². The lowest BCUT2D eigenvalue weighted by Gasteiger charge is -2.15. The zero-order valence-corrected chi connectivity index (χ0v) is 14.7. The van der Waals surface area contributed by atoms with Crippen molar-refractivity contribution >= 4 is 23.3 Å². The summed E-state index contributed by atoms with van der Waals surface area (Å²) in [6.45, 7) is 1.33. The van der Waals surface area contributed by atoms with Gasteiger partial charge in [0.25, 0.3) is 0 Å². The Kier molecular flexibility index (Phi) is 6.80. The number of alkyl halides is 3. The van der Waals surface area contributed by atoms with Crippen LogP contribution in [-0.2, 0) is 11.0 Å². The lowest BCUT2D eigenvalue weighted by atomic mass is 10.2. The van der Waals surface area contributed by atoms with E-state index in [0.717, 1.165) is 24.3 Å². The number of halogens is 4. The number of anilines is 2. The minimum atomic E-state index is -4.59. The number of nitrogens with one attached hydrogen (secondary N) is 3. The molecule has 3 amide bonds. The summed E-state index contributed by atoms with van der Waals surface area (Å²) in [5.74, 6) is -1.14. The Balaban J connectivity index is 1.98. The highest BCUT2D eigenvalue weighted by molar-refractivity contribution is 5.97. The van der Waals surface area contributed by atoms with Crippen molar-refractivity contribution < 1.29 is 31.9 Å². The molecule has 150 valence electrons. The first-order valence-corrected chi connectivity index (χ1v) is 8.13. The van der Waals surface area contributed by atoms with Crippen LogP contribution in [0.2, 0.25) is 0 Å². The second kappa shape index (κ2) is 9.07. The summed E-state index contributed by atoms with van der Waals surface area (Å²) >= 11 is 0. The van der Waals surface area contributed by atoms with Crippen molar-refractivity contribution in [3.8, 4) is 5.75 Å². The van der Waals surface area contributed by atoms with Gasteiger partial charge in [0, 0.05) is 5.69 Å². The van der Waals surface area contributed by atoms with Crippen LogP contribution in [0.15, 0.2) is 42.5 Å². The molecule has 2 aromatic rings. The first kappa shape index (κ1) is 21.0. The van der Waals surface area contributed by atoms with Gasteiger partial charge >= 0.3 is 12.2 Å². The van der Waals surface area contributed by atoms with Gasteiger partial charge in [0.2, 0.25) is 5.91 Å². The summed E-state index contributed by atoms with van der Waals surface area (Å²) < 4.78 is 56.9. The predicted octanol–water partition coefficient (Wildman–Crippen LogP) is 4.00. The van der Waals surface area contributed by atoms with E-state index in [0.29, 0.717) is 0 Å². The van der Waals surface area contributed by atoms with Gasteiger partial charge in [-0.2, -0.15) is 13.2 Å². The van der Waals surface area contributed by atoms with Gasteiger partial charge in [-0.3, -0.25) is 4.79 Å². The van der Waals surface area contributed by atoms with Crippen LogP contribution in [0.1, 0.15) is 12.5 Å². The van der Waals surface area contributed by atoms with Gasteiger partial charge in [0.05, 0.1) is 24.4 Å². The zero-order chi connectivity index (χ0) is 20.7. The number of urea groups is 1. The number of hydrogen-bond acceptors (Lipinski definition) is 3. The van der Waals surface area contributed by atoms with E-state index in [1.807, 2.05) is 0 Å². The molecule has 0 aliphatic heterocycles. The van der Waals surface area contributed by atoms with Gasteiger partial charge in [0.1, 0.15) is 11.6 Å². The van der Waals surface area contributed by atoms with E-state index < -0.39 is 36.0 Å². The molecule has 3 N–H and O–H groups in total. The molecule has 10 heteroatoms. The second-order valence-electron chi connectivity index (χ2n) is 5.51. The number of carbonyl (C=O) groups excluding carboxylic acids is 2. The summed E-state index contributed by atoms with van der Waals surface area (Å²) in [6, 6.07) is 6.90. The van der Waals surface area contributed by atoms with Crippen molar-refractivity contribution in [3.05, 3.63) is 53.8 Å². The van der Waals surface area contributed by atoms with E-state index >= 15 is 0 Å². The lowest BCUT2D eigenvalue weighted by Crippen LogP contribution is -2.36. The van der Waals surface area contributed by atoms with Crippen LogP contribution in [0.4, 0.5) is 33.7 Å². The van der Waals surface area contributed by atoms with Gasteiger partial charge in [-0.1, -0.05) is 6.07 Å². The van der Waals surface area contributed by atoms with Gasteiger partial charge in [0.15, 0.2) is 0 Å². The Morgan fingerprint density at radius 2 is 1.82 bits per heavy atom. The molecule has 0 heterocycles. The van der Waals surface area contributed by atoms with Gasteiger partial charge in [-0.05, 0) is 43.3 Å². The van der Waals surface area contributed by atoms with Gasteiger partial charge in [-0.25, -0.2) is 9.18 Å². The number of benzene rings is 2. The smallest absolute Gasteiger partial charge is 0.416 e. The first-order chi connectivity index (χ1) is 13.2. The minimum absolute atomic E-state index is 0.0508. The molecule has 0 fully saturated rings. The van der Waals surface area contributed by atoms with Crippen LogP contribution in [-0.4, -0.2) is 25.1 Å². The van der Waals surface area contributed by atoms with E-state index in [1.54, 1.807) is 6.92 Å². The third-order valence-corrected chi connectivity index (χ3v) is 3.37. The molecule has 6 nitrogen and oxygen atoms in total. The molecule has 2 aromatic carbocycles. The average molecular weight is 399 g/mol. The predicted molar refractivity (Wildman–Crippen MR) is 94.7 cm³/mol. The van der Waals surface area contributed by atoms with Crippen LogP contribution >= 0.6 is 0 Å². The topological polar surface area (TPSA) is 79.5 Å². The molecule has 0 radical (unpaired) electrons. The fraction of sp³-hybridized carbons (Fsp3) is 0.222. The van der Waals surface area contributed by atoms with Crippen LogP contribution in [0.5, 0.6) is 5.75 Å². The summed E-state index contributed by atoms with van der Waals surface area (Å²) in [4.78, 5) is 23.7. The molecule has 0 saturated carbocycles. The maximum Gasteiger partial charge on any atom is 0.416 e. The lowest BCUT2D eigenvalue weighted by molar-refractivity contribution is -0.137. The highest BCUT2D eigenvalue weighted by Gasteiger charge is 2.31. The number of carbonyl (C=O) groups is 2. The number of amides is 3. The molecule has 0 aromatic heterocycles. The molecule has 2 rings (SSSR count). The van der Waals surface area contributed by atoms with Crippen LogP contribution < -0.4 is 20.7 Å². The third kappa shape index (κ3) is 6.15. The first-order valence-electron chi connectivity index (χ1n) is 8.13. The molecule has 0 aliphatic carbocycles. The summed E-state index contributed by atoms with van der Waals surface area (Å²) in [5, 5.41) is 6.79. The quantitative estimate of drug-likeness (QED) is 0.643. The Labute approximate surface area is 157 Å². The average Bonchev–Trinajstić information content (AvgIpc) is 2.61. The van der Waals surface area contributed by atoms with Crippen molar-refractivity contribution in [2.75, 3.05) is 23.8 Å². The Hall–Kier alpha value is -3.30. The van der Waals surface area contributed by atoms with Crippen molar-refractivity contribution in [1.29, 1.82) is 0 Å². The normalized spacial score (nSPS) is 10.9. The van der Waals surface area contributed by atoms with Crippen LogP contribution in [0, 0.1) is 5.82 Å². The molecule has 0 saturated heterocycles. The van der Waals surface area contributed by atoms with E-state index in [9.17, 15) is 27.2 Å². The van der Waals surface area contributed by atoms with Crippen LogP contribution in [0.3, 0.4) is 0 Å². The minimum Gasteiger partial charge on any atom is -0.492 e. The number of hydrogen-bond donors (Lipinski definition) is 3. The van der Waals surface area contributed by atoms with Crippen molar-refractivity contribution in [3.63, 3.8) is 0 Å². The fourth-order valence-corrected chi connectivity index (χ4v) is 2.18. The maximum absolute atomic E-state index is 13.1. The Morgan fingerprint density at radius 3 is 2.46 bits per heavy atom. The molecule has 28 heavy (non-hydrogen) atoms. The van der Waals surface area contributed by atoms with Gasteiger partial charge < -0.3 is 20.7 Å². The van der Waals surface area contributed by atoms with Crippen molar-refractivity contribution in [1.82, 2.24) is 5.32 Å². The third-order valence-electron chi connectivity index (χ3n) is 3.37. The maximum atomic E-state index is 13.1. The molecule has 0 unspecified atom stereocenters. The summed E-state index contributed by atoms with van der Waals surface area (Å²) in [7, 11) is 0. The second-order valence-corrected chi connectivity index (χ2v) is 5.51. The molecular formula is C18H17F4N3O3. The largest absolute Gasteiger partial charge is 0.492 e. The van der Waals surface area contributed by atoms with E-state index in [-0.39, 0.29) is 23.7 Å². The van der Waals surface area contributed by atoms with E-state index in [2.05, 4.69) is 16.0 Å². The van der Waals surface area contributed by atoms with Crippen molar-refractivity contribution in [2.24, 2.45) is 0 Å². The van der Waals surface area contributed by atoms with E-state index in [1.165, 1.54) is 18.2 Å². The molecule has 0 aliphatic rings. The fourth-order valence-electron chi connectivity index (χ4n) is 2.18. The Morgan fingerprint density at radius 1 is 1.07 bits per heavy atom. The summed E-state index contributed by atoms with van der Waals surface area (Å²) in [6.07, 6.45) is -4.59. The molecule has 0 bridgehead atoms. The standard InChI is InChI=1S/C18H17F4N3O3/c1-2-28-15-7-6-11(18(20,21)22)8-14(15)25-17(27)23-10-16(26)24-13-5-3-4-12(19)9-13/h3-9H,2,10H2,1H3,(H,24,26)(H2,23,25,27). The molecular weight excluding hydrogens is 382 g/mol. The summed E-state index contributed by atoms with van der Waals surface area (Å²) in [5.41, 5.74) is -0.960. The SMILES string of the molecule is CCOc1ccc(C(F)(F)F)cc1NC(=O)NCC(=O)Nc1cccc(F)c1. The molecule has 0 atom stereocenters. The highest BCUT2D eigenvalue weighted by atomic mass is 19.4. The van der Waals surface area contributed by atoms with Gasteiger partial charge in [-0.15, -0.1) is 0 Å². The highest BCUT2D eigenvalue weighted by Crippen LogP contribution is 2.35.